The van der Waals surface area contributed by atoms with Crippen LogP contribution in [0.4, 0.5) is 4.79 Å². The highest BCUT2D eigenvalue weighted by Crippen LogP contribution is 2.22. The van der Waals surface area contributed by atoms with Gasteiger partial charge in [0, 0.05) is 23.8 Å². The van der Waals surface area contributed by atoms with E-state index in [0.717, 1.165) is 0 Å². The molecule has 7 heteroatoms. The maximum absolute atomic E-state index is 13.0. The summed E-state index contributed by atoms with van der Waals surface area (Å²) in [6, 6.07) is -1.08. The number of esters is 1. The molecule has 0 fully saturated rings. The summed E-state index contributed by atoms with van der Waals surface area (Å²) in [6.45, 7) is 13.2. The molecule has 7 nitrogen and oxygen atoms in total. The standard InChI is InChI=1S/C18H29N3O4/c1-8-19-18(24)21(10(3)4)13(7)16(22)14-11(5)15(20-12(14)6)17(23)25-9-2/h10,13,20H,8-9H2,1-7H3,(H,19,24). The Morgan fingerprint density at radius 2 is 1.76 bits per heavy atom. The predicted molar refractivity (Wildman–Crippen MR) is 96.1 cm³/mol. The van der Waals surface area contributed by atoms with Crippen molar-refractivity contribution in [3.05, 3.63) is 22.5 Å². The Balaban J connectivity index is 3.21. The lowest BCUT2D eigenvalue weighted by Crippen LogP contribution is -2.51. The number of aromatic nitrogens is 1. The first-order chi connectivity index (χ1) is 11.7. The average Bonchev–Trinajstić information content (AvgIpc) is 2.81. The average molecular weight is 351 g/mol. The first kappa shape index (κ1) is 20.7. The minimum Gasteiger partial charge on any atom is -0.461 e. The van der Waals surface area contributed by atoms with Crippen LogP contribution < -0.4 is 5.32 Å². The summed E-state index contributed by atoms with van der Waals surface area (Å²) in [5.74, 6) is -0.694. The molecule has 0 saturated carbocycles. The van der Waals surface area contributed by atoms with E-state index >= 15 is 0 Å². The number of amides is 2. The molecule has 140 valence electrons. The van der Waals surface area contributed by atoms with Crippen LogP contribution in [0.2, 0.25) is 0 Å². The number of urea groups is 1. The van der Waals surface area contributed by atoms with Crippen LogP contribution in [0.3, 0.4) is 0 Å². The zero-order valence-electron chi connectivity index (χ0n) is 16.1. The molecule has 1 aromatic rings. The zero-order chi connectivity index (χ0) is 19.3. The van der Waals surface area contributed by atoms with Crippen molar-refractivity contribution in [2.75, 3.05) is 13.2 Å². The molecule has 0 aliphatic rings. The SMILES string of the molecule is CCNC(=O)N(C(C)C)C(C)C(=O)c1c(C)[nH]c(C(=O)OCC)c1C. The lowest BCUT2D eigenvalue weighted by molar-refractivity contribution is 0.0519. The molecule has 1 atom stereocenters. The molecule has 1 rings (SSSR count). The number of hydrogen-bond donors (Lipinski definition) is 2. The van der Waals surface area contributed by atoms with Gasteiger partial charge in [-0.05, 0) is 54.0 Å². The summed E-state index contributed by atoms with van der Waals surface area (Å²) in [6.07, 6.45) is 0. The third-order valence-electron chi connectivity index (χ3n) is 4.08. The normalized spacial score (nSPS) is 12.0. The van der Waals surface area contributed by atoms with Crippen molar-refractivity contribution >= 4 is 17.8 Å². The molecule has 0 aliphatic heterocycles. The first-order valence-electron chi connectivity index (χ1n) is 8.63. The number of carbonyl (C=O) groups excluding carboxylic acids is 3. The second kappa shape index (κ2) is 8.69. The number of Topliss-reactive ketones (excluding diaryl/α,β-unsaturated/α-hetero) is 1. The van der Waals surface area contributed by atoms with Crippen LogP contribution in [-0.2, 0) is 4.74 Å². The number of H-pyrrole nitrogens is 1. The van der Waals surface area contributed by atoms with Gasteiger partial charge in [0.2, 0.25) is 0 Å². The van der Waals surface area contributed by atoms with E-state index in [0.29, 0.717) is 23.4 Å². The Morgan fingerprint density at radius 3 is 2.24 bits per heavy atom. The van der Waals surface area contributed by atoms with Crippen molar-refractivity contribution in [1.82, 2.24) is 15.2 Å². The van der Waals surface area contributed by atoms with Gasteiger partial charge in [-0.25, -0.2) is 9.59 Å². The number of aromatic amines is 1. The summed E-state index contributed by atoms with van der Waals surface area (Å²) in [5.41, 5.74) is 1.86. The minimum absolute atomic E-state index is 0.144. The molecule has 2 N–H and O–H groups in total. The van der Waals surface area contributed by atoms with E-state index in [9.17, 15) is 14.4 Å². The molecule has 2 amide bonds. The van der Waals surface area contributed by atoms with Crippen LogP contribution >= 0.6 is 0 Å². The summed E-state index contributed by atoms with van der Waals surface area (Å²) in [4.78, 5) is 41.8. The van der Waals surface area contributed by atoms with Crippen molar-refractivity contribution in [2.24, 2.45) is 0 Å². The number of nitrogens with one attached hydrogen (secondary N) is 2. The number of carbonyl (C=O) groups is 3. The summed E-state index contributed by atoms with van der Waals surface area (Å²) < 4.78 is 5.02. The molecule has 0 spiro atoms. The smallest absolute Gasteiger partial charge is 0.355 e. The molecule has 1 aromatic heterocycles. The number of ether oxygens (including phenoxy) is 1. The third-order valence-corrected chi connectivity index (χ3v) is 4.08. The Morgan fingerprint density at radius 1 is 1.16 bits per heavy atom. The third kappa shape index (κ3) is 4.41. The molecule has 0 aliphatic carbocycles. The van der Waals surface area contributed by atoms with Crippen molar-refractivity contribution in [2.45, 2.75) is 60.5 Å². The van der Waals surface area contributed by atoms with Crippen LogP contribution in [0.15, 0.2) is 0 Å². The number of ketones is 1. The number of aryl methyl sites for hydroxylation is 1. The van der Waals surface area contributed by atoms with Gasteiger partial charge in [-0.3, -0.25) is 4.79 Å². The molecule has 0 saturated heterocycles. The fourth-order valence-electron chi connectivity index (χ4n) is 2.96. The summed E-state index contributed by atoms with van der Waals surface area (Å²) in [7, 11) is 0. The van der Waals surface area contributed by atoms with Crippen LogP contribution in [0, 0.1) is 13.8 Å². The molecule has 25 heavy (non-hydrogen) atoms. The number of hydrogen-bond acceptors (Lipinski definition) is 4. The van der Waals surface area contributed by atoms with Crippen LogP contribution in [0.5, 0.6) is 0 Å². The Bertz CT molecular complexity index is 649. The quantitative estimate of drug-likeness (QED) is 0.584. The van der Waals surface area contributed by atoms with Gasteiger partial charge in [-0.15, -0.1) is 0 Å². The van der Waals surface area contributed by atoms with E-state index in [4.69, 9.17) is 4.74 Å². The van der Waals surface area contributed by atoms with Crippen LogP contribution in [0.25, 0.3) is 0 Å². The second-order valence-corrected chi connectivity index (χ2v) is 6.22. The molecular weight excluding hydrogens is 322 g/mol. The van der Waals surface area contributed by atoms with Gasteiger partial charge in [0.25, 0.3) is 0 Å². The molecule has 0 bridgehead atoms. The fraction of sp³-hybridized carbons (Fsp3) is 0.611. The van der Waals surface area contributed by atoms with Gasteiger partial charge in [0.15, 0.2) is 5.78 Å². The highest BCUT2D eigenvalue weighted by molar-refractivity contribution is 6.06. The van der Waals surface area contributed by atoms with Crippen molar-refractivity contribution in [3.8, 4) is 0 Å². The van der Waals surface area contributed by atoms with Crippen molar-refractivity contribution < 1.29 is 19.1 Å². The van der Waals surface area contributed by atoms with Gasteiger partial charge >= 0.3 is 12.0 Å². The Hall–Kier alpha value is -2.31. The van der Waals surface area contributed by atoms with E-state index < -0.39 is 12.0 Å². The van der Waals surface area contributed by atoms with E-state index in [2.05, 4.69) is 10.3 Å². The van der Waals surface area contributed by atoms with Gasteiger partial charge in [0.1, 0.15) is 5.69 Å². The molecular formula is C18H29N3O4. The Kier molecular flexibility index (Phi) is 7.21. The number of nitrogens with zero attached hydrogens (tertiary/aromatic N) is 1. The lowest BCUT2D eigenvalue weighted by atomic mass is 9.99. The van der Waals surface area contributed by atoms with E-state index in [-0.39, 0.29) is 30.2 Å². The van der Waals surface area contributed by atoms with Crippen molar-refractivity contribution in [1.29, 1.82) is 0 Å². The molecule has 0 aromatic carbocycles. The topological polar surface area (TPSA) is 91.5 Å². The minimum atomic E-state index is -0.658. The first-order valence-corrected chi connectivity index (χ1v) is 8.63. The predicted octanol–water partition coefficient (Wildman–Crippen LogP) is 2.82. The zero-order valence-corrected chi connectivity index (χ0v) is 16.1. The fourth-order valence-corrected chi connectivity index (χ4v) is 2.96. The Labute approximate surface area is 149 Å². The van der Waals surface area contributed by atoms with Crippen LogP contribution in [0.1, 0.15) is 66.7 Å². The van der Waals surface area contributed by atoms with Crippen LogP contribution in [-0.4, -0.2) is 52.9 Å². The van der Waals surface area contributed by atoms with Gasteiger partial charge in [0.05, 0.1) is 12.6 Å². The molecule has 1 heterocycles. The monoisotopic (exact) mass is 351 g/mol. The van der Waals surface area contributed by atoms with Gasteiger partial charge in [-0.2, -0.15) is 0 Å². The highest BCUT2D eigenvalue weighted by atomic mass is 16.5. The number of rotatable bonds is 7. The maximum Gasteiger partial charge on any atom is 0.355 e. The van der Waals surface area contributed by atoms with Gasteiger partial charge < -0.3 is 19.9 Å². The summed E-state index contributed by atoms with van der Waals surface area (Å²) in [5, 5.41) is 2.74. The second-order valence-electron chi connectivity index (χ2n) is 6.22. The van der Waals surface area contributed by atoms with Crippen molar-refractivity contribution in [3.63, 3.8) is 0 Å². The molecule has 1 unspecified atom stereocenters. The van der Waals surface area contributed by atoms with E-state index in [1.54, 1.807) is 27.7 Å². The van der Waals surface area contributed by atoms with E-state index in [1.165, 1.54) is 4.90 Å². The lowest BCUT2D eigenvalue weighted by Gasteiger charge is -2.32. The van der Waals surface area contributed by atoms with Gasteiger partial charge in [-0.1, -0.05) is 0 Å². The van der Waals surface area contributed by atoms with E-state index in [1.807, 2.05) is 20.8 Å². The largest absolute Gasteiger partial charge is 0.461 e. The highest BCUT2D eigenvalue weighted by Gasteiger charge is 2.32. The maximum atomic E-state index is 13.0. The molecule has 0 radical (unpaired) electrons. The summed E-state index contributed by atoms with van der Waals surface area (Å²) >= 11 is 0.